The van der Waals surface area contributed by atoms with Crippen molar-refractivity contribution in [2.45, 2.75) is 44.6 Å². The topological polar surface area (TPSA) is 108 Å². The monoisotopic (exact) mass is 344 g/mol. The van der Waals surface area contributed by atoms with Crippen molar-refractivity contribution in [3.63, 3.8) is 0 Å². The zero-order chi connectivity index (χ0) is 16.3. The van der Waals surface area contributed by atoms with Gasteiger partial charge in [0.15, 0.2) is 0 Å². The summed E-state index contributed by atoms with van der Waals surface area (Å²) in [5.74, 6) is 0.999. The highest BCUT2D eigenvalue weighted by Gasteiger charge is 2.35. The minimum absolute atomic E-state index is 0.156. The van der Waals surface area contributed by atoms with Crippen molar-refractivity contribution in [3.05, 3.63) is 16.3 Å². The fourth-order valence-corrected chi connectivity index (χ4v) is 5.29. The van der Waals surface area contributed by atoms with Gasteiger partial charge in [0.25, 0.3) is 0 Å². The van der Waals surface area contributed by atoms with E-state index in [-0.39, 0.29) is 11.8 Å². The minimum Gasteiger partial charge on any atom is -0.381 e. The van der Waals surface area contributed by atoms with E-state index in [0.29, 0.717) is 31.1 Å². The first-order valence-electron chi connectivity index (χ1n) is 8.28. The van der Waals surface area contributed by atoms with Gasteiger partial charge in [0.05, 0.1) is 11.8 Å². The summed E-state index contributed by atoms with van der Waals surface area (Å²) in [6, 6.07) is -0.359. The largest absolute Gasteiger partial charge is 0.381 e. The smallest absolute Gasteiger partial charge is 0.340 e. The molecular formula is C14H24N4O4S. The molecule has 1 atom stereocenters. The average molecular weight is 344 g/mol. The molecule has 0 spiro atoms. The Kier molecular flexibility index (Phi) is 5.17. The highest BCUT2D eigenvalue weighted by Crippen LogP contribution is 2.31. The van der Waals surface area contributed by atoms with Crippen LogP contribution in [0.3, 0.4) is 0 Å². The number of aromatic nitrogens is 3. The van der Waals surface area contributed by atoms with Crippen LogP contribution in [-0.4, -0.2) is 53.4 Å². The Morgan fingerprint density at radius 1 is 1.22 bits per heavy atom. The van der Waals surface area contributed by atoms with Crippen LogP contribution in [0, 0.1) is 5.92 Å². The Labute approximate surface area is 135 Å². The average Bonchev–Trinajstić information content (AvgIpc) is 3.00. The fraction of sp³-hybridized carbons (Fsp3) is 0.857. The summed E-state index contributed by atoms with van der Waals surface area (Å²) in [7, 11) is -3.35. The molecule has 0 aliphatic carbocycles. The molecule has 0 saturated carbocycles. The van der Waals surface area contributed by atoms with E-state index in [9.17, 15) is 13.2 Å². The number of nitrogens with zero attached hydrogens (tertiary/aromatic N) is 2. The zero-order valence-corrected chi connectivity index (χ0v) is 14.0. The number of ether oxygens (including phenoxy) is 1. The van der Waals surface area contributed by atoms with Gasteiger partial charge >= 0.3 is 5.69 Å². The molecule has 130 valence electrons. The molecule has 0 radical (unpaired) electrons. The first kappa shape index (κ1) is 16.7. The Balaban J connectivity index is 1.69. The predicted molar refractivity (Wildman–Crippen MR) is 84.5 cm³/mol. The standard InChI is InChI=1S/C14H24N4O4S/c19-14-15-13(16-17-14)12-3-1-2-7-18(12)23(20,21)10-6-11-4-8-22-9-5-11/h11-12H,1-10H2,(H2,15,16,17,19). The molecule has 2 aliphatic heterocycles. The molecule has 3 rings (SSSR count). The summed E-state index contributed by atoms with van der Waals surface area (Å²) < 4.78 is 32.4. The Morgan fingerprint density at radius 2 is 2.00 bits per heavy atom. The van der Waals surface area contributed by atoms with Crippen molar-refractivity contribution in [1.29, 1.82) is 0 Å². The lowest BCUT2D eigenvalue weighted by atomic mass is 9.98. The molecule has 8 nitrogen and oxygen atoms in total. The van der Waals surface area contributed by atoms with Gasteiger partial charge in [-0.2, -0.15) is 9.40 Å². The van der Waals surface area contributed by atoms with Gasteiger partial charge in [0.1, 0.15) is 5.82 Å². The second-order valence-electron chi connectivity index (χ2n) is 6.35. The normalized spacial score (nSPS) is 24.8. The first-order valence-corrected chi connectivity index (χ1v) is 9.89. The van der Waals surface area contributed by atoms with E-state index in [4.69, 9.17) is 4.74 Å². The number of aromatic amines is 2. The number of nitrogens with one attached hydrogen (secondary N) is 2. The predicted octanol–water partition coefficient (Wildman–Crippen LogP) is 0.771. The van der Waals surface area contributed by atoms with Crippen molar-refractivity contribution in [2.24, 2.45) is 5.92 Å². The number of sulfonamides is 1. The summed E-state index contributed by atoms with van der Waals surface area (Å²) in [5.41, 5.74) is -0.398. The molecule has 1 unspecified atom stereocenters. The van der Waals surface area contributed by atoms with Crippen LogP contribution in [0.1, 0.15) is 50.4 Å². The third-order valence-corrected chi connectivity index (χ3v) is 6.67. The van der Waals surface area contributed by atoms with Crippen molar-refractivity contribution in [1.82, 2.24) is 19.5 Å². The van der Waals surface area contributed by atoms with E-state index in [0.717, 1.165) is 38.9 Å². The van der Waals surface area contributed by atoms with Gasteiger partial charge in [0, 0.05) is 19.8 Å². The summed E-state index contributed by atoms with van der Waals surface area (Å²) in [4.78, 5) is 13.9. The number of piperidine rings is 1. The Morgan fingerprint density at radius 3 is 2.70 bits per heavy atom. The molecule has 0 amide bonds. The molecule has 23 heavy (non-hydrogen) atoms. The number of hydrogen-bond acceptors (Lipinski definition) is 5. The molecule has 2 fully saturated rings. The highest BCUT2D eigenvalue weighted by molar-refractivity contribution is 7.89. The van der Waals surface area contributed by atoms with Crippen LogP contribution in [-0.2, 0) is 14.8 Å². The van der Waals surface area contributed by atoms with Crippen LogP contribution in [0.15, 0.2) is 4.79 Å². The molecular weight excluding hydrogens is 320 g/mol. The summed E-state index contributed by atoms with van der Waals surface area (Å²) in [6.45, 7) is 1.95. The third kappa shape index (κ3) is 4.02. The van der Waals surface area contributed by atoms with Gasteiger partial charge < -0.3 is 4.74 Å². The second kappa shape index (κ2) is 7.14. The lowest BCUT2D eigenvalue weighted by molar-refractivity contribution is 0.0654. The van der Waals surface area contributed by atoms with Gasteiger partial charge in [-0.15, -0.1) is 0 Å². The van der Waals surface area contributed by atoms with Gasteiger partial charge in [-0.25, -0.2) is 18.3 Å². The molecule has 1 aromatic heterocycles. The molecule has 2 saturated heterocycles. The third-order valence-electron chi connectivity index (χ3n) is 4.77. The van der Waals surface area contributed by atoms with E-state index >= 15 is 0 Å². The van der Waals surface area contributed by atoms with Crippen molar-refractivity contribution in [3.8, 4) is 0 Å². The molecule has 0 bridgehead atoms. The maximum Gasteiger partial charge on any atom is 0.340 e. The van der Waals surface area contributed by atoms with E-state index in [2.05, 4.69) is 15.2 Å². The second-order valence-corrected chi connectivity index (χ2v) is 8.39. The highest BCUT2D eigenvalue weighted by atomic mass is 32.2. The lowest BCUT2D eigenvalue weighted by Crippen LogP contribution is -2.40. The van der Waals surface area contributed by atoms with Crippen molar-refractivity contribution in [2.75, 3.05) is 25.5 Å². The molecule has 9 heteroatoms. The van der Waals surface area contributed by atoms with Gasteiger partial charge in [-0.1, -0.05) is 6.42 Å². The Bertz CT molecular complexity index is 662. The lowest BCUT2D eigenvalue weighted by Gasteiger charge is -2.33. The van der Waals surface area contributed by atoms with Crippen LogP contribution in [0.25, 0.3) is 0 Å². The first-order chi connectivity index (χ1) is 11.1. The molecule has 2 aliphatic rings. The van der Waals surface area contributed by atoms with E-state index < -0.39 is 15.7 Å². The maximum absolute atomic E-state index is 12.8. The summed E-state index contributed by atoms with van der Waals surface area (Å²) >= 11 is 0. The van der Waals surface area contributed by atoms with Crippen LogP contribution in [0.5, 0.6) is 0 Å². The number of H-pyrrole nitrogens is 2. The minimum atomic E-state index is -3.35. The van der Waals surface area contributed by atoms with Gasteiger partial charge in [0.2, 0.25) is 10.0 Å². The molecule has 1 aromatic rings. The molecule has 2 N–H and O–H groups in total. The van der Waals surface area contributed by atoms with Crippen LogP contribution >= 0.6 is 0 Å². The van der Waals surface area contributed by atoms with Gasteiger partial charge in [-0.05, 0) is 38.0 Å². The quantitative estimate of drug-likeness (QED) is 0.820. The van der Waals surface area contributed by atoms with Crippen LogP contribution < -0.4 is 5.69 Å². The van der Waals surface area contributed by atoms with Crippen molar-refractivity contribution < 1.29 is 13.2 Å². The number of hydrogen-bond donors (Lipinski definition) is 2. The van der Waals surface area contributed by atoms with Crippen LogP contribution in [0.4, 0.5) is 0 Å². The zero-order valence-electron chi connectivity index (χ0n) is 13.2. The van der Waals surface area contributed by atoms with E-state index in [1.807, 2.05) is 0 Å². The van der Waals surface area contributed by atoms with E-state index in [1.54, 1.807) is 0 Å². The Hall–Kier alpha value is -1.19. The van der Waals surface area contributed by atoms with Crippen LogP contribution in [0.2, 0.25) is 0 Å². The fourth-order valence-electron chi connectivity index (χ4n) is 3.42. The molecule has 0 aromatic carbocycles. The summed E-state index contributed by atoms with van der Waals surface area (Å²) in [5, 5.41) is 6.26. The molecule has 3 heterocycles. The van der Waals surface area contributed by atoms with E-state index in [1.165, 1.54) is 4.31 Å². The SMILES string of the molecule is O=c1[nH]nc(C2CCCCN2S(=O)(=O)CCC2CCOCC2)[nH]1. The summed E-state index contributed by atoms with van der Waals surface area (Å²) in [6.07, 6.45) is 5.02. The van der Waals surface area contributed by atoms with Crippen molar-refractivity contribution >= 4 is 10.0 Å². The van der Waals surface area contributed by atoms with Gasteiger partial charge in [-0.3, -0.25) is 4.98 Å². The maximum atomic E-state index is 12.8. The number of rotatable bonds is 5.